The first kappa shape index (κ1) is 12.3. The molecule has 90 valence electrons. The minimum Gasteiger partial charge on any atom is -0.476 e. The van der Waals surface area contributed by atoms with Gasteiger partial charge in [-0.2, -0.15) is 0 Å². The van der Waals surface area contributed by atoms with Crippen LogP contribution in [0.15, 0.2) is 22.2 Å². The monoisotopic (exact) mass is 313 g/mol. The molecule has 0 radical (unpaired) electrons. The minimum absolute atomic E-state index is 0.571. The van der Waals surface area contributed by atoms with Crippen LogP contribution >= 0.6 is 27.3 Å². The minimum atomic E-state index is 0.571. The number of ether oxygens (including phenoxy) is 1. The topological polar surface area (TPSA) is 61.0 Å². The highest BCUT2D eigenvalue weighted by Gasteiger charge is 2.05. The first-order valence-corrected chi connectivity index (χ1v) is 6.77. The lowest BCUT2D eigenvalue weighted by Crippen LogP contribution is -2.03. The number of halogens is 1. The fraction of sp³-hybridized carbons (Fsp3) is 0.273. The molecule has 2 aromatic rings. The molecule has 0 aromatic carbocycles. The average Bonchev–Trinajstić information content (AvgIpc) is 2.68. The van der Waals surface area contributed by atoms with Crippen molar-refractivity contribution in [3.63, 3.8) is 0 Å². The van der Waals surface area contributed by atoms with Crippen LogP contribution in [0, 0.1) is 6.92 Å². The Balaban J connectivity index is 1.92. The molecule has 0 amide bonds. The Morgan fingerprint density at radius 2 is 2.29 bits per heavy atom. The van der Waals surface area contributed by atoms with Crippen molar-refractivity contribution < 1.29 is 4.74 Å². The highest BCUT2D eigenvalue weighted by atomic mass is 79.9. The summed E-state index contributed by atoms with van der Waals surface area (Å²) in [4.78, 5) is 9.55. The van der Waals surface area contributed by atoms with Crippen LogP contribution in [0.1, 0.15) is 10.6 Å². The number of nitrogens with two attached hydrogens (primary N) is 1. The van der Waals surface area contributed by atoms with E-state index in [0.717, 1.165) is 16.6 Å². The molecule has 0 fully saturated rings. The van der Waals surface area contributed by atoms with Crippen molar-refractivity contribution in [1.82, 2.24) is 9.97 Å². The second kappa shape index (κ2) is 5.46. The van der Waals surface area contributed by atoms with Crippen molar-refractivity contribution in [3.05, 3.63) is 32.8 Å². The highest BCUT2D eigenvalue weighted by Crippen LogP contribution is 2.24. The van der Waals surface area contributed by atoms with E-state index in [1.165, 1.54) is 4.88 Å². The first-order valence-electron chi connectivity index (χ1n) is 5.09. The van der Waals surface area contributed by atoms with Gasteiger partial charge in [0.1, 0.15) is 0 Å². The number of hydrogen-bond donors (Lipinski definition) is 1. The Kier molecular flexibility index (Phi) is 3.96. The summed E-state index contributed by atoms with van der Waals surface area (Å²) < 4.78 is 6.36. The number of thiazole rings is 1. The maximum atomic E-state index is 5.60. The van der Waals surface area contributed by atoms with Crippen LogP contribution in [0.4, 0.5) is 5.69 Å². The second-order valence-corrected chi connectivity index (χ2v) is 5.31. The molecular weight excluding hydrogens is 302 g/mol. The predicted octanol–water partition coefficient (Wildman–Crippen LogP) is 2.81. The van der Waals surface area contributed by atoms with E-state index in [1.807, 2.05) is 12.4 Å². The first-order chi connectivity index (χ1) is 8.16. The zero-order valence-electron chi connectivity index (χ0n) is 9.31. The number of nitrogen functional groups attached to an aromatic ring is 1. The van der Waals surface area contributed by atoms with E-state index in [4.69, 9.17) is 10.5 Å². The molecule has 2 rings (SSSR count). The molecule has 0 aliphatic rings. The maximum Gasteiger partial charge on any atom is 0.228 e. The second-order valence-electron chi connectivity index (χ2n) is 3.52. The third-order valence-corrected chi connectivity index (χ3v) is 3.80. The van der Waals surface area contributed by atoms with Crippen LogP contribution in [0.2, 0.25) is 0 Å². The summed E-state index contributed by atoms with van der Waals surface area (Å²) in [6.45, 7) is 2.59. The van der Waals surface area contributed by atoms with E-state index in [-0.39, 0.29) is 0 Å². The van der Waals surface area contributed by atoms with Crippen LogP contribution in [-0.2, 0) is 6.42 Å². The smallest absolute Gasteiger partial charge is 0.228 e. The number of aryl methyl sites for hydroxylation is 1. The van der Waals surface area contributed by atoms with Crippen LogP contribution in [0.3, 0.4) is 0 Å². The highest BCUT2D eigenvalue weighted by molar-refractivity contribution is 9.10. The van der Waals surface area contributed by atoms with E-state index in [9.17, 15) is 0 Å². The van der Waals surface area contributed by atoms with Gasteiger partial charge in [-0.3, -0.25) is 0 Å². The van der Waals surface area contributed by atoms with Gasteiger partial charge in [0.05, 0.1) is 34.2 Å². The number of hydrogen-bond acceptors (Lipinski definition) is 5. The van der Waals surface area contributed by atoms with E-state index in [1.54, 1.807) is 23.6 Å². The van der Waals surface area contributed by atoms with Crippen molar-refractivity contribution in [2.75, 3.05) is 12.3 Å². The van der Waals surface area contributed by atoms with Crippen molar-refractivity contribution in [2.24, 2.45) is 0 Å². The van der Waals surface area contributed by atoms with Crippen LogP contribution in [0.25, 0.3) is 0 Å². The van der Waals surface area contributed by atoms with Crippen molar-refractivity contribution >= 4 is 33.0 Å². The third-order valence-electron chi connectivity index (χ3n) is 2.24. The van der Waals surface area contributed by atoms with Gasteiger partial charge in [-0.15, -0.1) is 11.3 Å². The van der Waals surface area contributed by atoms with Crippen molar-refractivity contribution in [2.45, 2.75) is 13.3 Å². The standard InChI is InChI=1S/C11H12BrN3OS/c1-7-10(17-6-15-7)2-3-16-11-9(12)4-8(13)5-14-11/h4-6H,2-3,13H2,1H3. The molecule has 0 atom stereocenters. The SMILES string of the molecule is Cc1ncsc1CCOc1ncc(N)cc1Br. The Bertz CT molecular complexity index is 515. The quantitative estimate of drug-likeness (QED) is 0.942. The molecule has 0 spiro atoms. The van der Waals surface area contributed by atoms with Gasteiger partial charge in [0.15, 0.2) is 0 Å². The number of anilines is 1. The van der Waals surface area contributed by atoms with Crippen molar-refractivity contribution in [1.29, 1.82) is 0 Å². The molecule has 4 nitrogen and oxygen atoms in total. The van der Waals surface area contributed by atoms with Crippen LogP contribution in [0.5, 0.6) is 5.88 Å². The summed E-state index contributed by atoms with van der Waals surface area (Å²) >= 11 is 5.01. The molecular formula is C11H12BrN3OS. The van der Waals surface area contributed by atoms with E-state index in [2.05, 4.69) is 25.9 Å². The van der Waals surface area contributed by atoms with Crippen molar-refractivity contribution in [3.8, 4) is 5.88 Å². The average molecular weight is 314 g/mol. The fourth-order valence-electron chi connectivity index (χ4n) is 1.35. The summed E-state index contributed by atoms with van der Waals surface area (Å²) in [5, 5.41) is 0. The Labute approximate surface area is 112 Å². The maximum absolute atomic E-state index is 5.60. The zero-order chi connectivity index (χ0) is 12.3. The lowest BCUT2D eigenvalue weighted by Gasteiger charge is -2.06. The number of pyridine rings is 1. The Morgan fingerprint density at radius 1 is 1.47 bits per heavy atom. The Morgan fingerprint density at radius 3 is 2.94 bits per heavy atom. The van der Waals surface area contributed by atoms with Gasteiger partial charge in [0, 0.05) is 11.3 Å². The summed E-state index contributed by atoms with van der Waals surface area (Å²) in [6, 6.07) is 1.78. The van der Waals surface area contributed by atoms with Gasteiger partial charge in [0.2, 0.25) is 5.88 Å². The van der Waals surface area contributed by atoms with Crippen LogP contribution in [-0.4, -0.2) is 16.6 Å². The summed E-state index contributed by atoms with van der Waals surface area (Å²) in [7, 11) is 0. The summed E-state index contributed by atoms with van der Waals surface area (Å²) in [5.41, 5.74) is 9.13. The van der Waals surface area contributed by atoms with E-state index < -0.39 is 0 Å². The molecule has 0 aliphatic heterocycles. The normalized spacial score (nSPS) is 10.5. The summed E-state index contributed by atoms with van der Waals surface area (Å²) in [5.74, 6) is 0.571. The van der Waals surface area contributed by atoms with Gasteiger partial charge in [-0.25, -0.2) is 9.97 Å². The van der Waals surface area contributed by atoms with Gasteiger partial charge < -0.3 is 10.5 Å². The van der Waals surface area contributed by atoms with Crippen LogP contribution < -0.4 is 10.5 Å². The number of nitrogens with zero attached hydrogens (tertiary/aromatic N) is 2. The molecule has 2 heterocycles. The fourth-order valence-corrected chi connectivity index (χ4v) is 2.60. The van der Waals surface area contributed by atoms with Gasteiger partial charge in [-0.1, -0.05) is 0 Å². The van der Waals surface area contributed by atoms with Gasteiger partial charge in [-0.05, 0) is 28.9 Å². The molecule has 0 saturated heterocycles. The molecule has 2 aromatic heterocycles. The molecule has 0 unspecified atom stereocenters. The van der Waals surface area contributed by atoms with E-state index in [0.29, 0.717) is 18.2 Å². The largest absolute Gasteiger partial charge is 0.476 e. The molecule has 0 aliphatic carbocycles. The molecule has 2 N–H and O–H groups in total. The predicted molar refractivity (Wildman–Crippen MR) is 72.4 cm³/mol. The third kappa shape index (κ3) is 3.17. The zero-order valence-corrected chi connectivity index (χ0v) is 11.7. The van der Waals surface area contributed by atoms with E-state index >= 15 is 0 Å². The van der Waals surface area contributed by atoms with Gasteiger partial charge in [0.25, 0.3) is 0 Å². The number of aromatic nitrogens is 2. The molecule has 6 heteroatoms. The Hall–Kier alpha value is -1.14. The lowest BCUT2D eigenvalue weighted by atomic mass is 10.3. The molecule has 17 heavy (non-hydrogen) atoms. The molecule has 0 bridgehead atoms. The molecule has 0 saturated carbocycles. The van der Waals surface area contributed by atoms with Gasteiger partial charge >= 0.3 is 0 Å². The number of rotatable bonds is 4. The lowest BCUT2D eigenvalue weighted by molar-refractivity contribution is 0.308. The summed E-state index contributed by atoms with van der Waals surface area (Å²) in [6.07, 6.45) is 2.42.